The summed E-state index contributed by atoms with van der Waals surface area (Å²) in [6, 6.07) is 26.0. The zero-order chi connectivity index (χ0) is 20.9. The molecule has 6 rings (SSSR count). The van der Waals surface area contributed by atoms with Gasteiger partial charge in [-0.1, -0.05) is 48.5 Å². The average Bonchev–Trinajstić information content (AvgIpc) is 3.30. The smallest absolute Gasteiger partial charge is 0.0747 e. The van der Waals surface area contributed by atoms with E-state index in [1.54, 1.807) is 0 Å². The van der Waals surface area contributed by atoms with Crippen molar-refractivity contribution in [1.29, 1.82) is 0 Å². The molecule has 0 spiro atoms. The summed E-state index contributed by atoms with van der Waals surface area (Å²) >= 11 is 0. The SMILES string of the molecule is Cc1cccc(C)c1-c1cccc2c1c1cc(-c3cccnc3)ccc1c1ccnn12. The molecule has 3 nitrogen and oxygen atoms in total. The Kier molecular flexibility index (Phi) is 3.90. The number of hydrogen-bond acceptors (Lipinski definition) is 2. The largest absolute Gasteiger partial charge is 0.264 e. The first-order valence-electron chi connectivity index (χ1n) is 10.5. The summed E-state index contributed by atoms with van der Waals surface area (Å²) in [5.41, 5.74) is 9.65. The van der Waals surface area contributed by atoms with Crippen LogP contribution < -0.4 is 0 Å². The summed E-state index contributed by atoms with van der Waals surface area (Å²) in [6.45, 7) is 4.38. The van der Waals surface area contributed by atoms with Gasteiger partial charge in [0.2, 0.25) is 0 Å². The average molecular weight is 399 g/mol. The maximum Gasteiger partial charge on any atom is 0.0747 e. The third-order valence-corrected chi connectivity index (χ3v) is 6.22. The van der Waals surface area contributed by atoms with E-state index in [9.17, 15) is 0 Å². The Balaban J connectivity index is 1.82. The number of rotatable bonds is 2. The van der Waals surface area contributed by atoms with Gasteiger partial charge in [0.25, 0.3) is 0 Å². The third-order valence-electron chi connectivity index (χ3n) is 6.22. The van der Waals surface area contributed by atoms with Crippen molar-refractivity contribution in [3.63, 3.8) is 0 Å². The van der Waals surface area contributed by atoms with Crippen LogP contribution in [0.15, 0.2) is 91.4 Å². The van der Waals surface area contributed by atoms with Crippen molar-refractivity contribution in [2.75, 3.05) is 0 Å². The second-order valence-electron chi connectivity index (χ2n) is 8.10. The van der Waals surface area contributed by atoms with Crippen molar-refractivity contribution in [1.82, 2.24) is 14.6 Å². The summed E-state index contributed by atoms with van der Waals surface area (Å²) in [5, 5.41) is 8.34. The summed E-state index contributed by atoms with van der Waals surface area (Å²) < 4.78 is 2.07. The number of aromatic nitrogens is 3. The summed E-state index contributed by atoms with van der Waals surface area (Å²) in [5.74, 6) is 0. The molecule has 0 atom stereocenters. The predicted octanol–water partition coefficient (Wildman–Crippen LogP) is 6.99. The summed E-state index contributed by atoms with van der Waals surface area (Å²) in [7, 11) is 0. The van der Waals surface area contributed by atoms with E-state index < -0.39 is 0 Å². The summed E-state index contributed by atoms with van der Waals surface area (Å²) in [4.78, 5) is 4.32. The quantitative estimate of drug-likeness (QED) is 0.294. The van der Waals surface area contributed by atoms with Crippen molar-refractivity contribution in [2.45, 2.75) is 13.8 Å². The summed E-state index contributed by atoms with van der Waals surface area (Å²) in [6.07, 6.45) is 5.62. The number of benzene rings is 3. The first-order chi connectivity index (χ1) is 15.2. The van der Waals surface area contributed by atoms with Crippen LogP contribution in [0.5, 0.6) is 0 Å². The lowest BCUT2D eigenvalue weighted by Crippen LogP contribution is -1.96. The Labute approximate surface area is 180 Å². The van der Waals surface area contributed by atoms with Crippen LogP contribution in [0.1, 0.15) is 11.1 Å². The molecule has 0 aliphatic heterocycles. The van der Waals surface area contributed by atoms with E-state index in [0.29, 0.717) is 0 Å². The van der Waals surface area contributed by atoms with Crippen molar-refractivity contribution in [3.8, 4) is 22.3 Å². The lowest BCUT2D eigenvalue weighted by molar-refractivity contribution is 1.01. The van der Waals surface area contributed by atoms with Crippen molar-refractivity contribution >= 4 is 27.2 Å². The third kappa shape index (κ3) is 2.67. The predicted molar refractivity (Wildman–Crippen MR) is 128 cm³/mol. The monoisotopic (exact) mass is 399 g/mol. The van der Waals surface area contributed by atoms with Crippen LogP contribution in [-0.4, -0.2) is 14.6 Å². The molecule has 0 aliphatic rings. The Hall–Kier alpha value is -3.98. The highest BCUT2D eigenvalue weighted by atomic mass is 15.2. The van der Waals surface area contributed by atoms with Crippen molar-refractivity contribution in [2.24, 2.45) is 0 Å². The molecule has 0 saturated carbocycles. The van der Waals surface area contributed by atoms with Gasteiger partial charge in [0.05, 0.1) is 17.2 Å². The standard InChI is InChI=1S/C28H21N3/c1-18-6-3-7-19(2)27(18)23-9-4-10-26-28(23)24-16-20(21-8-5-14-29-17-21)11-12-22(24)25-13-15-30-31(25)26/h3-17H,1-2H3. The van der Waals surface area contributed by atoms with E-state index >= 15 is 0 Å². The van der Waals surface area contributed by atoms with Gasteiger partial charge in [0, 0.05) is 28.7 Å². The first-order valence-corrected chi connectivity index (χ1v) is 10.5. The zero-order valence-electron chi connectivity index (χ0n) is 17.5. The van der Waals surface area contributed by atoms with E-state index in [1.807, 2.05) is 24.7 Å². The fourth-order valence-electron chi connectivity index (χ4n) is 4.83. The molecule has 0 bridgehead atoms. The van der Waals surface area contributed by atoms with Gasteiger partial charge in [-0.05, 0) is 71.3 Å². The highest BCUT2D eigenvalue weighted by molar-refractivity contribution is 6.18. The van der Waals surface area contributed by atoms with Crippen LogP contribution in [0.25, 0.3) is 49.4 Å². The first kappa shape index (κ1) is 17.8. The number of pyridine rings is 2. The topological polar surface area (TPSA) is 30.2 Å². The highest BCUT2D eigenvalue weighted by Crippen LogP contribution is 2.39. The Morgan fingerprint density at radius 1 is 0.677 bits per heavy atom. The normalized spacial score (nSPS) is 11.5. The van der Waals surface area contributed by atoms with E-state index in [2.05, 4.69) is 95.2 Å². The molecule has 0 aliphatic carbocycles. The molecule has 3 heterocycles. The second kappa shape index (κ2) is 6.78. The van der Waals surface area contributed by atoms with Crippen LogP contribution >= 0.6 is 0 Å². The van der Waals surface area contributed by atoms with Gasteiger partial charge in [-0.2, -0.15) is 5.10 Å². The minimum Gasteiger partial charge on any atom is -0.264 e. The van der Waals surface area contributed by atoms with Crippen LogP contribution in [0.3, 0.4) is 0 Å². The van der Waals surface area contributed by atoms with E-state index in [4.69, 9.17) is 0 Å². The molecule has 3 heteroatoms. The maximum atomic E-state index is 4.66. The van der Waals surface area contributed by atoms with Crippen LogP contribution in [0.2, 0.25) is 0 Å². The molecule has 0 unspecified atom stereocenters. The van der Waals surface area contributed by atoms with E-state index in [1.165, 1.54) is 44.0 Å². The molecule has 3 aromatic carbocycles. The second-order valence-corrected chi connectivity index (χ2v) is 8.10. The fraction of sp³-hybridized carbons (Fsp3) is 0.0714. The zero-order valence-corrected chi connectivity index (χ0v) is 17.5. The Morgan fingerprint density at radius 2 is 1.52 bits per heavy atom. The van der Waals surface area contributed by atoms with E-state index in [0.717, 1.165) is 16.6 Å². The van der Waals surface area contributed by atoms with Crippen LogP contribution in [0.4, 0.5) is 0 Å². The molecule has 148 valence electrons. The van der Waals surface area contributed by atoms with Gasteiger partial charge in [0.1, 0.15) is 0 Å². The number of nitrogens with zero attached hydrogens (tertiary/aromatic N) is 3. The van der Waals surface area contributed by atoms with Gasteiger partial charge < -0.3 is 0 Å². The molecular formula is C28H21N3. The maximum absolute atomic E-state index is 4.66. The highest BCUT2D eigenvalue weighted by Gasteiger charge is 2.16. The number of fused-ring (bicyclic) bond motifs is 6. The van der Waals surface area contributed by atoms with Crippen LogP contribution in [-0.2, 0) is 0 Å². The van der Waals surface area contributed by atoms with E-state index in [-0.39, 0.29) is 0 Å². The fourth-order valence-corrected chi connectivity index (χ4v) is 4.83. The molecule has 0 radical (unpaired) electrons. The molecule has 0 N–H and O–H groups in total. The Morgan fingerprint density at radius 3 is 2.32 bits per heavy atom. The molecule has 0 fully saturated rings. The van der Waals surface area contributed by atoms with Gasteiger partial charge in [-0.3, -0.25) is 4.98 Å². The van der Waals surface area contributed by atoms with Crippen molar-refractivity contribution in [3.05, 3.63) is 103 Å². The minimum atomic E-state index is 1.12. The molecule has 0 saturated heterocycles. The van der Waals surface area contributed by atoms with Crippen molar-refractivity contribution < 1.29 is 0 Å². The molecule has 31 heavy (non-hydrogen) atoms. The molecule has 0 amide bonds. The minimum absolute atomic E-state index is 1.12. The number of hydrogen-bond donors (Lipinski definition) is 0. The lowest BCUT2D eigenvalue weighted by Gasteiger charge is -2.16. The molecule has 3 aromatic heterocycles. The Bertz CT molecular complexity index is 1570. The number of aryl methyl sites for hydroxylation is 2. The van der Waals surface area contributed by atoms with Gasteiger partial charge in [-0.25, -0.2) is 4.52 Å². The lowest BCUT2D eigenvalue weighted by atomic mass is 9.90. The van der Waals surface area contributed by atoms with Gasteiger partial charge in [0.15, 0.2) is 0 Å². The van der Waals surface area contributed by atoms with Gasteiger partial charge >= 0.3 is 0 Å². The van der Waals surface area contributed by atoms with Crippen LogP contribution in [0, 0.1) is 13.8 Å². The van der Waals surface area contributed by atoms with Gasteiger partial charge in [-0.15, -0.1) is 0 Å². The molecular weight excluding hydrogens is 378 g/mol. The molecule has 6 aromatic rings.